The van der Waals surface area contributed by atoms with Crippen LogP contribution in [0.3, 0.4) is 0 Å². The second kappa shape index (κ2) is 28.8. The zero-order valence-corrected chi connectivity index (χ0v) is 21.4. The number of nitrogens with two attached hydrogens (primary N) is 2. The van der Waals surface area contributed by atoms with Gasteiger partial charge in [-0.1, -0.05) is 93.1 Å². The predicted octanol–water partition coefficient (Wildman–Crippen LogP) is 6.91. The summed E-state index contributed by atoms with van der Waals surface area (Å²) in [6.45, 7) is 19.7. The molecule has 0 spiro atoms. The van der Waals surface area contributed by atoms with Gasteiger partial charge in [0.2, 0.25) is 0 Å². The van der Waals surface area contributed by atoms with Gasteiger partial charge in [0.05, 0.1) is 0 Å². The van der Waals surface area contributed by atoms with Gasteiger partial charge in [0.15, 0.2) is 0 Å². The van der Waals surface area contributed by atoms with Crippen LogP contribution in [-0.4, -0.2) is 26.2 Å². The van der Waals surface area contributed by atoms with Crippen LogP contribution < -0.4 is 16.8 Å². The Morgan fingerprint density at radius 3 is 1.89 bits per heavy atom. The highest BCUT2D eigenvalue weighted by atomic mass is 14.8. The molecule has 1 rings (SSSR count). The fraction of sp³-hybridized carbons (Fsp3) is 0.920. The van der Waals surface area contributed by atoms with Crippen LogP contribution in [0.2, 0.25) is 0 Å². The average Bonchev–Trinajstić information content (AvgIpc) is 2.93. The number of rotatable bonds is 7. The van der Waals surface area contributed by atoms with Crippen LogP contribution in [0.1, 0.15) is 113 Å². The molecule has 0 saturated heterocycles. The van der Waals surface area contributed by atoms with Crippen LogP contribution in [0.25, 0.3) is 0 Å². The Balaban J connectivity index is -0.000000161. The molecule has 0 amide bonds. The van der Waals surface area contributed by atoms with Crippen LogP contribution in [0.15, 0.2) is 12.7 Å². The minimum atomic E-state index is 0.193. The summed E-state index contributed by atoms with van der Waals surface area (Å²) in [4.78, 5) is 0. The molecule has 1 aliphatic carbocycles. The van der Waals surface area contributed by atoms with Crippen molar-refractivity contribution in [3.8, 4) is 0 Å². The lowest BCUT2D eigenvalue weighted by molar-refractivity contribution is 0.334. The lowest BCUT2D eigenvalue weighted by atomic mass is 9.86. The number of likely N-dealkylation sites (N-methyl/N-ethyl adjacent to an activating group) is 1. The van der Waals surface area contributed by atoms with Crippen LogP contribution >= 0.6 is 0 Å². The topological polar surface area (TPSA) is 64.1 Å². The molecule has 0 heterocycles. The van der Waals surface area contributed by atoms with Gasteiger partial charge in [-0.15, -0.1) is 6.58 Å². The molecule has 1 aliphatic rings. The van der Waals surface area contributed by atoms with E-state index in [1.807, 2.05) is 27.0 Å². The highest BCUT2D eigenvalue weighted by Gasteiger charge is 2.27. The summed E-state index contributed by atoms with van der Waals surface area (Å²) < 4.78 is 0. The molecule has 0 aliphatic heterocycles. The average molecular weight is 402 g/mol. The third-order valence-corrected chi connectivity index (χ3v) is 5.41. The Morgan fingerprint density at radius 2 is 1.61 bits per heavy atom. The van der Waals surface area contributed by atoms with Crippen LogP contribution in [0.5, 0.6) is 0 Å². The minimum Gasteiger partial charge on any atom is -0.333 e. The lowest BCUT2D eigenvalue weighted by Gasteiger charge is -2.27. The molecule has 0 bridgehead atoms. The van der Waals surface area contributed by atoms with E-state index in [0.717, 1.165) is 18.4 Å². The van der Waals surface area contributed by atoms with Gasteiger partial charge in [-0.3, -0.25) is 0 Å². The first kappa shape index (κ1) is 35.1. The molecule has 0 radical (unpaired) electrons. The smallest absolute Gasteiger partial charge is 0.0154 e. The normalized spacial score (nSPS) is 20.5. The van der Waals surface area contributed by atoms with Crippen LogP contribution in [0, 0.1) is 11.8 Å². The van der Waals surface area contributed by atoms with E-state index in [1.54, 1.807) is 0 Å². The van der Waals surface area contributed by atoms with Crippen molar-refractivity contribution in [2.24, 2.45) is 23.3 Å². The number of hydrogen-bond donors (Lipinski definition) is 3. The number of nitrogens with one attached hydrogen (secondary N) is 1. The molecule has 0 aromatic heterocycles. The number of hydrogen-bond acceptors (Lipinski definition) is 3. The minimum absolute atomic E-state index is 0.193. The molecule has 0 aromatic rings. The molecular formula is C25H59N3. The largest absolute Gasteiger partial charge is 0.333 e. The Labute approximate surface area is 180 Å². The summed E-state index contributed by atoms with van der Waals surface area (Å²) in [6, 6.07) is 0. The lowest BCUT2D eigenvalue weighted by Crippen LogP contribution is -2.38. The van der Waals surface area contributed by atoms with E-state index in [-0.39, 0.29) is 5.54 Å². The third-order valence-electron chi connectivity index (χ3n) is 5.41. The van der Waals surface area contributed by atoms with E-state index >= 15 is 0 Å². The molecule has 3 heteroatoms. The second-order valence-electron chi connectivity index (χ2n) is 7.59. The first-order valence-corrected chi connectivity index (χ1v) is 12.0. The first-order valence-electron chi connectivity index (χ1n) is 12.0. The SMILES string of the molecule is C=CCNC.CC.CCC(C)CC.CCCC1(N)CCCC(CC)CC1.CN. The van der Waals surface area contributed by atoms with Crippen molar-refractivity contribution >= 4 is 0 Å². The highest BCUT2D eigenvalue weighted by Crippen LogP contribution is 2.32. The van der Waals surface area contributed by atoms with Crippen molar-refractivity contribution in [3.05, 3.63) is 12.7 Å². The van der Waals surface area contributed by atoms with E-state index < -0.39 is 0 Å². The fourth-order valence-electron chi connectivity index (χ4n) is 3.09. The van der Waals surface area contributed by atoms with Gasteiger partial charge in [-0.25, -0.2) is 0 Å². The monoisotopic (exact) mass is 401 g/mol. The quantitative estimate of drug-likeness (QED) is 0.321. The summed E-state index contributed by atoms with van der Waals surface area (Å²) in [6.07, 6.45) is 15.0. The van der Waals surface area contributed by atoms with Crippen molar-refractivity contribution in [3.63, 3.8) is 0 Å². The molecule has 28 heavy (non-hydrogen) atoms. The van der Waals surface area contributed by atoms with E-state index in [0.29, 0.717) is 0 Å². The molecule has 1 saturated carbocycles. The fourth-order valence-corrected chi connectivity index (χ4v) is 3.09. The van der Waals surface area contributed by atoms with Crippen molar-refractivity contribution in [1.29, 1.82) is 0 Å². The van der Waals surface area contributed by atoms with E-state index in [4.69, 9.17) is 5.73 Å². The molecule has 3 nitrogen and oxygen atoms in total. The molecule has 174 valence electrons. The van der Waals surface area contributed by atoms with Gasteiger partial charge in [0.1, 0.15) is 0 Å². The van der Waals surface area contributed by atoms with Crippen molar-refractivity contribution in [1.82, 2.24) is 5.32 Å². The molecule has 5 N–H and O–H groups in total. The van der Waals surface area contributed by atoms with Gasteiger partial charge >= 0.3 is 0 Å². The predicted molar refractivity (Wildman–Crippen MR) is 134 cm³/mol. The van der Waals surface area contributed by atoms with Crippen LogP contribution in [0.4, 0.5) is 0 Å². The second-order valence-corrected chi connectivity index (χ2v) is 7.59. The Morgan fingerprint density at radius 1 is 1.07 bits per heavy atom. The van der Waals surface area contributed by atoms with Gasteiger partial charge in [-0.05, 0) is 51.6 Å². The van der Waals surface area contributed by atoms with Gasteiger partial charge in [-0.2, -0.15) is 0 Å². The molecule has 2 atom stereocenters. The van der Waals surface area contributed by atoms with Crippen molar-refractivity contribution in [2.75, 3.05) is 20.6 Å². The maximum Gasteiger partial charge on any atom is 0.0154 e. The molecule has 0 aromatic carbocycles. The maximum atomic E-state index is 6.39. The molecular weight excluding hydrogens is 342 g/mol. The summed E-state index contributed by atoms with van der Waals surface area (Å²) in [5, 5.41) is 2.90. The third kappa shape index (κ3) is 25.6. The van der Waals surface area contributed by atoms with Crippen LogP contribution in [-0.2, 0) is 0 Å². The van der Waals surface area contributed by atoms with E-state index in [9.17, 15) is 0 Å². The Bertz CT molecular complexity index is 265. The van der Waals surface area contributed by atoms with E-state index in [1.165, 1.54) is 71.3 Å². The molecule has 2 unspecified atom stereocenters. The summed E-state index contributed by atoms with van der Waals surface area (Å²) in [7, 11) is 3.39. The van der Waals surface area contributed by atoms with Gasteiger partial charge in [0.25, 0.3) is 0 Å². The van der Waals surface area contributed by atoms with Crippen molar-refractivity contribution in [2.45, 2.75) is 118 Å². The van der Waals surface area contributed by atoms with E-state index in [2.05, 4.69) is 52.2 Å². The Kier molecular flexibility index (Phi) is 36.1. The summed E-state index contributed by atoms with van der Waals surface area (Å²) in [5.41, 5.74) is 11.1. The Hall–Kier alpha value is -0.380. The first-order chi connectivity index (χ1) is 13.4. The summed E-state index contributed by atoms with van der Waals surface area (Å²) in [5.74, 6) is 1.90. The van der Waals surface area contributed by atoms with Gasteiger partial charge in [0, 0.05) is 12.1 Å². The maximum absolute atomic E-state index is 6.39. The zero-order valence-electron chi connectivity index (χ0n) is 21.4. The summed E-state index contributed by atoms with van der Waals surface area (Å²) >= 11 is 0. The highest BCUT2D eigenvalue weighted by molar-refractivity contribution is 4.87. The standard InChI is InChI=1S/C12H25N.C6H14.C4H9N.C2H6.CH5N/c1-3-8-12(13)9-5-6-11(4-2)7-10-12;1-4-6(3)5-2;1-3-4-5-2;2*1-2/h11H,3-10,13H2,1-2H3;6H,4-5H2,1-3H3;3,5H,1,4H2,2H3;1-2H3;2H2,1H3. The van der Waals surface area contributed by atoms with Crippen molar-refractivity contribution < 1.29 is 0 Å². The van der Waals surface area contributed by atoms with Gasteiger partial charge < -0.3 is 16.8 Å². The molecule has 1 fully saturated rings. The zero-order chi connectivity index (χ0) is 22.8.